The number of amides is 1. The van der Waals surface area contributed by atoms with Crippen LogP contribution in [-0.2, 0) is 0 Å². The predicted molar refractivity (Wildman–Crippen MR) is 92.3 cm³/mol. The Morgan fingerprint density at radius 2 is 2.20 bits per heavy atom. The van der Waals surface area contributed by atoms with Gasteiger partial charge >= 0.3 is 0 Å². The second kappa shape index (κ2) is 7.33. The lowest BCUT2D eigenvalue weighted by atomic mass is 9.73. The fraction of sp³-hybridized carbons (Fsp3) is 0.500. The number of carbonyl (C=O) groups excluding carboxylic acids is 1. The number of nitrogens with zero attached hydrogens (tertiary/aromatic N) is 4. The summed E-state index contributed by atoms with van der Waals surface area (Å²) >= 11 is 0. The zero-order chi connectivity index (χ0) is 17.9. The third-order valence-corrected chi connectivity index (χ3v) is 5.13. The summed E-state index contributed by atoms with van der Waals surface area (Å²) in [6, 6.07) is 7.23. The van der Waals surface area contributed by atoms with Gasteiger partial charge in [0.05, 0.1) is 24.0 Å². The SMILES string of the molecule is CCC[C@]1(CO)CCN(C(=O)c2ccccc2-n2cncn2)C[C@@H]1O. The van der Waals surface area contributed by atoms with E-state index in [9.17, 15) is 15.0 Å². The predicted octanol–water partition coefficient (Wildman–Crippen LogP) is 1.25. The van der Waals surface area contributed by atoms with Gasteiger partial charge in [0.25, 0.3) is 5.91 Å². The minimum Gasteiger partial charge on any atom is -0.396 e. The van der Waals surface area contributed by atoms with E-state index in [0.29, 0.717) is 24.2 Å². The van der Waals surface area contributed by atoms with Gasteiger partial charge in [-0.3, -0.25) is 4.79 Å². The minimum atomic E-state index is -0.728. The molecule has 0 bridgehead atoms. The number of β-amino-alcohol motifs (C(OH)–C–C–N with tert-alkyl or cyclic N) is 1. The van der Waals surface area contributed by atoms with Crippen molar-refractivity contribution in [2.75, 3.05) is 19.7 Å². The molecule has 3 rings (SSSR count). The number of para-hydroxylation sites is 1. The smallest absolute Gasteiger partial charge is 0.256 e. The monoisotopic (exact) mass is 344 g/mol. The Balaban J connectivity index is 1.82. The number of aliphatic hydroxyl groups is 2. The molecule has 7 nitrogen and oxygen atoms in total. The maximum Gasteiger partial charge on any atom is 0.256 e. The summed E-state index contributed by atoms with van der Waals surface area (Å²) < 4.78 is 1.56. The van der Waals surface area contributed by atoms with Crippen LogP contribution in [0.3, 0.4) is 0 Å². The number of aromatic nitrogens is 3. The molecule has 2 heterocycles. The van der Waals surface area contributed by atoms with Crippen LogP contribution in [-0.4, -0.2) is 61.6 Å². The fourth-order valence-electron chi connectivity index (χ4n) is 3.61. The first kappa shape index (κ1) is 17.6. The van der Waals surface area contributed by atoms with Gasteiger partial charge in [0, 0.05) is 18.5 Å². The minimum absolute atomic E-state index is 0.0560. The Morgan fingerprint density at radius 3 is 2.84 bits per heavy atom. The average Bonchev–Trinajstić information content (AvgIpc) is 3.17. The van der Waals surface area contributed by atoms with E-state index >= 15 is 0 Å². The molecule has 0 saturated carbocycles. The van der Waals surface area contributed by atoms with Crippen LogP contribution < -0.4 is 0 Å². The summed E-state index contributed by atoms with van der Waals surface area (Å²) in [6.45, 7) is 2.73. The highest BCUT2D eigenvalue weighted by molar-refractivity contribution is 5.97. The fourth-order valence-corrected chi connectivity index (χ4v) is 3.61. The van der Waals surface area contributed by atoms with Crippen molar-refractivity contribution >= 4 is 5.91 Å². The van der Waals surface area contributed by atoms with Gasteiger partial charge in [-0.2, -0.15) is 5.10 Å². The molecule has 0 unspecified atom stereocenters. The average molecular weight is 344 g/mol. The van der Waals surface area contributed by atoms with Gasteiger partial charge in [-0.25, -0.2) is 9.67 Å². The van der Waals surface area contributed by atoms with Crippen LogP contribution in [0.1, 0.15) is 36.5 Å². The first-order valence-electron chi connectivity index (χ1n) is 8.63. The van der Waals surface area contributed by atoms with E-state index in [4.69, 9.17) is 0 Å². The summed E-state index contributed by atoms with van der Waals surface area (Å²) in [5.74, 6) is -0.145. The molecule has 1 aromatic carbocycles. The van der Waals surface area contributed by atoms with E-state index < -0.39 is 11.5 Å². The number of benzene rings is 1. The summed E-state index contributed by atoms with van der Waals surface area (Å²) in [5.41, 5.74) is 0.677. The summed E-state index contributed by atoms with van der Waals surface area (Å²) in [4.78, 5) is 18.6. The Kier molecular flexibility index (Phi) is 5.15. The molecule has 1 aromatic heterocycles. The van der Waals surface area contributed by atoms with E-state index in [-0.39, 0.29) is 19.1 Å². The van der Waals surface area contributed by atoms with Crippen molar-refractivity contribution in [3.63, 3.8) is 0 Å². The van der Waals surface area contributed by atoms with Crippen LogP contribution in [0.25, 0.3) is 5.69 Å². The van der Waals surface area contributed by atoms with E-state index in [1.807, 2.05) is 25.1 Å². The van der Waals surface area contributed by atoms with Gasteiger partial charge in [0.1, 0.15) is 12.7 Å². The van der Waals surface area contributed by atoms with Crippen LogP contribution in [0, 0.1) is 5.41 Å². The third kappa shape index (κ3) is 3.29. The zero-order valence-electron chi connectivity index (χ0n) is 14.4. The highest BCUT2D eigenvalue weighted by Gasteiger charge is 2.42. The summed E-state index contributed by atoms with van der Waals surface area (Å²) in [5, 5.41) is 24.5. The van der Waals surface area contributed by atoms with Crippen LogP contribution in [0.15, 0.2) is 36.9 Å². The number of carbonyl (C=O) groups is 1. The molecule has 7 heteroatoms. The van der Waals surface area contributed by atoms with Crippen molar-refractivity contribution in [1.82, 2.24) is 19.7 Å². The Hall–Kier alpha value is -2.25. The molecule has 2 aromatic rings. The maximum absolute atomic E-state index is 13.0. The van der Waals surface area contributed by atoms with Gasteiger partial charge < -0.3 is 15.1 Å². The normalized spacial score (nSPS) is 23.6. The van der Waals surface area contributed by atoms with Crippen molar-refractivity contribution < 1.29 is 15.0 Å². The Morgan fingerprint density at radius 1 is 1.40 bits per heavy atom. The molecule has 0 radical (unpaired) electrons. The third-order valence-electron chi connectivity index (χ3n) is 5.13. The summed E-state index contributed by atoms with van der Waals surface area (Å²) in [6.07, 6.45) is 4.48. The lowest BCUT2D eigenvalue weighted by Crippen LogP contribution is -2.54. The van der Waals surface area contributed by atoms with Crippen molar-refractivity contribution in [3.05, 3.63) is 42.5 Å². The molecule has 25 heavy (non-hydrogen) atoms. The van der Waals surface area contributed by atoms with Crippen molar-refractivity contribution in [1.29, 1.82) is 0 Å². The number of hydrogen-bond acceptors (Lipinski definition) is 5. The molecule has 1 aliphatic heterocycles. The second-order valence-corrected chi connectivity index (χ2v) is 6.64. The topological polar surface area (TPSA) is 91.5 Å². The van der Waals surface area contributed by atoms with E-state index in [1.54, 1.807) is 22.0 Å². The van der Waals surface area contributed by atoms with Crippen molar-refractivity contribution in [2.24, 2.45) is 5.41 Å². The lowest BCUT2D eigenvalue weighted by molar-refractivity contribution is -0.0713. The molecule has 1 fully saturated rings. The Labute approximate surface area is 146 Å². The van der Waals surface area contributed by atoms with Gasteiger partial charge in [-0.15, -0.1) is 0 Å². The van der Waals surface area contributed by atoms with E-state index in [0.717, 1.165) is 12.8 Å². The molecular weight excluding hydrogens is 320 g/mol. The molecule has 1 amide bonds. The highest BCUT2D eigenvalue weighted by Crippen LogP contribution is 2.36. The number of rotatable bonds is 5. The first-order chi connectivity index (χ1) is 12.1. The van der Waals surface area contributed by atoms with Crippen LogP contribution in [0.4, 0.5) is 0 Å². The molecule has 2 N–H and O–H groups in total. The van der Waals surface area contributed by atoms with Gasteiger partial charge in [0.15, 0.2) is 0 Å². The maximum atomic E-state index is 13.0. The highest BCUT2D eigenvalue weighted by atomic mass is 16.3. The molecule has 134 valence electrons. The van der Waals surface area contributed by atoms with Crippen LogP contribution in [0.5, 0.6) is 0 Å². The van der Waals surface area contributed by atoms with Crippen LogP contribution in [0.2, 0.25) is 0 Å². The first-order valence-corrected chi connectivity index (χ1v) is 8.63. The number of aliphatic hydroxyl groups excluding tert-OH is 2. The second-order valence-electron chi connectivity index (χ2n) is 6.64. The molecule has 2 atom stereocenters. The quantitative estimate of drug-likeness (QED) is 0.852. The van der Waals surface area contributed by atoms with Crippen LogP contribution >= 0.6 is 0 Å². The molecule has 1 saturated heterocycles. The van der Waals surface area contributed by atoms with Gasteiger partial charge in [-0.1, -0.05) is 25.5 Å². The standard InChI is InChI=1S/C18H24N4O3/c1-2-7-18(11-23)8-9-21(10-16(18)24)17(25)14-5-3-4-6-15(14)22-13-19-12-20-22/h3-6,12-13,16,23-24H,2,7-11H2,1H3/t16-,18+/m0/s1. The lowest BCUT2D eigenvalue weighted by Gasteiger charge is -2.44. The molecule has 0 aliphatic carbocycles. The molecule has 1 aliphatic rings. The zero-order valence-corrected chi connectivity index (χ0v) is 14.4. The molecule has 0 spiro atoms. The van der Waals surface area contributed by atoms with E-state index in [2.05, 4.69) is 10.1 Å². The number of likely N-dealkylation sites (tertiary alicyclic amines) is 1. The van der Waals surface area contributed by atoms with Crippen molar-refractivity contribution in [3.8, 4) is 5.69 Å². The largest absolute Gasteiger partial charge is 0.396 e. The Bertz CT molecular complexity index is 719. The van der Waals surface area contributed by atoms with E-state index in [1.165, 1.54) is 6.33 Å². The van der Waals surface area contributed by atoms with Gasteiger partial charge in [0.2, 0.25) is 0 Å². The number of hydrogen-bond donors (Lipinski definition) is 2. The van der Waals surface area contributed by atoms with Gasteiger partial charge in [-0.05, 0) is 25.0 Å². The van der Waals surface area contributed by atoms with Crippen molar-refractivity contribution in [2.45, 2.75) is 32.3 Å². The number of piperidine rings is 1. The summed E-state index contributed by atoms with van der Waals surface area (Å²) in [7, 11) is 0. The molecular formula is C18H24N4O3.